The first-order valence-electron chi connectivity index (χ1n) is 9.73. The molecule has 0 saturated carbocycles. The van der Waals surface area contributed by atoms with Crippen LogP contribution in [0.15, 0.2) is 0 Å². The summed E-state index contributed by atoms with van der Waals surface area (Å²) in [6.07, 6.45) is 12.4. The van der Waals surface area contributed by atoms with Gasteiger partial charge in [-0.05, 0) is 77.8 Å². The van der Waals surface area contributed by atoms with Crippen molar-refractivity contribution in [3.8, 4) is 0 Å². The Bertz CT molecular complexity index is 172. The van der Waals surface area contributed by atoms with Gasteiger partial charge in [0.25, 0.3) is 0 Å². The Morgan fingerprint density at radius 3 is 1.00 bits per heavy atom. The summed E-state index contributed by atoms with van der Waals surface area (Å²) in [6, 6.07) is 0. The van der Waals surface area contributed by atoms with Gasteiger partial charge in [-0.25, -0.2) is 0 Å². The summed E-state index contributed by atoms with van der Waals surface area (Å²) in [5.41, 5.74) is 0. The molecule has 0 bridgehead atoms. The first-order valence-corrected chi connectivity index (χ1v) is 9.73. The quantitative estimate of drug-likeness (QED) is 0.745. The molecule has 0 aliphatic carbocycles. The number of nitrogens with zero attached hydrogens (tertiary/aromatic N) is 2. The lowest BCUT2D eigenvalue weighted by molar-refractivity contribution is 0.339. The van der Waals surface area contributed by atoms with Crippen LogP contribution in [0.4, 0.5) is 0 Å². The van der Waals surface area contributed by atoms with Crippen LogP contribution in [0.5, 0.6) is 0 Å². The van der Waals surface area contributed by atoms with Crippen LogP contribution >= 0.6 is 0 Å². The van der Waals surface area contributed by atoms with Crippen LogP contribution in [0.1, 0.15) is 85.5 Å². The number of hydrogen-bond acceptors (Lipinski definition) is 2. The second-order valence-electron chi connectivity index (χ2n) is 6.45. The third-order valence-corrected chi connectivity index (χ3v) is 4.18. The average Bonchev–Trinajstić information content (AvgIpc) is 3.16. The van der Waals surface area contributed by atoms with E-state index in [0.717, 1.165) is 0 Å². The van der Waals surface area contributed by atoms with Gasteiger partial charge in [-0.1, -0.05) is 47.0 Å². The molecule has 0 aromatic heterocycles. The highest BCUT2D eigenvalue weighted by Gasteiger charge is 2.09. The Kier molecular flexibility index (Phi) is 26.3. The summed E-state index contributed by atoms with van der Waals surface area (Å²) in [6.45, 7) is 17.0. The van der Waals surface area contributed by atoms with Crippen molar-refractivity contribution in [3.05, 3.63) is 0 Å². The van der Waals surface area contributed by atoms with Crippen LogP contribution in [-0.4, -0.2) is 60.0 Å². The van der Waals surface area contributed by atoms with E-state index in [1.165, 1.54) is 97.1 Å². The molecule has 4 heteroatoms. The molecule has 0 aromatic rings. The molecular weight excluding hydrogens is 288 g/mol. The maximum Gasteiger partial charge on any atom is -0.00183 e. The molecular formula is C19H46N2O2. The Morgan fingerprint density at radius 1 is 0.522 bits per heavy atom. The molecule has 144 valence electrons. The van der Waals surface area contributed by atoms with Gasteiger partial charge in [-0.2, -0.15) is 0 Å². The number of likely N-dealkylation sites (tertiary alicyclic amines) is 2. The van der Waals surface area contributed by atoms with Crippen LogP contribution in [0.3, 0.4) is 0 Å². The van der Waals surface area contributed by atoms with Crippen LogP contribution in [-0.2, 0) is 0 Å². The molecule has 0 radical (unpaired) electrons. The van der Waals surface area contributed by atoms with Crippen molar-refractivity contribution in [1.29, 1.82) is 0 Å². The summed E-state index contributed by atoms with van der Waals surface area (Å²) in [4.78, 5) is 5.08. The highest BCUT2D eigenvalue weighted by Crippen LogP contribution is 2.07. The fourth-order valence-electron chi connectivity index (χ4n) is 3.00. The average molecular weight is 335 g/mol. The Hall–Kier alpha value is -0.160. The van der Waals surface area contributed by atoms with Gasteiger partial charge in [0.1, 0.15) is 0 Å². The minimum atomic E-state index is 0. The zero-order valence-electron chi connectivity index (χ0n) is 16.5. The monoisotopic (exact) mass is 334 g/mol. The summed E-state index contributed by atoms with van der Waals surface area (Å²) < 4.78 is 0. The van der Waals surface area contributed by atoms with Gasteiger partial charge >= 0.3 is 0 Å². The SMILES string of the molecule is CCCCC.CCCN1CCCC1.CCCN1CCCC1.O.O. The minimum absolute atomic E-state index is 0. The Morgan fingerprint density at radius 2 is 0.826 bits per heavy atom. The predicted molar refractivity (Wildman–Crippen MR) is 104 cm³/mol. The zero-order valence-corrected chi connectivity index (χ0v) is 16.5. The van der Waals surface area contributed by atoms with Gasteiger partial charge in [0, 0.05) is 0 Å². The maximum absolute atomic E-state index is 2.54. The van der Waals surface area contributed by atoms with Gasteiger partial charge in [-0.3, -0.25) is 0 Å². The smallest absolute Gasteiger partial charge is 0.00183 e. The Labute approximate surface area is 146 Å². The molecule has 2 rings (SSSR count). The van der Waals surface area contributed by atoms with Crippen molar-refractivity contribution >= 4 is 0 Å². The fraction of sp³-hybridized carbons (Fsp3) is 1.00. The van der Waals surface area contributed by atoms with E-state index in [1.54, 1.807) is 0 Å². The van der Waals surface area contributed by atoms with E-state index in [-0.39, 0.29) is 11.0 Å². The molecule has 2 aliphatic heterocycles. The van der Waals surface area contributed by atoms with Gasteiger partial charge < -0.3 is 20.8 Å². The highest BCUT2D eigenvalue weighted by molar-refractivity contribution is 4.64. The van der Waals surface area contributed by atoms with Crippen LogP contribution in [0.2, 0.25) is 0 Å². The molecule has 23 heavy (non-hydrogen) atoms. The zero-order chi connectivity index (χ0) is 15.8. The topological polar surface area (TPSA) is 69.5 Å². The fourth-order valence-corrected chi connectivity index (χ4v) is 3.00. The van der Waals surface area contributed by atoms with Gasteiger partial charge in [0.2, 0.25) is 0 Å². The third-order valence-electron chi connectivity index (χ3n) is 4.18. The Balaban J connectivity index is -0.000000258. The molecule has 2 aliphatic rings. The van der Waals surface area contributed by atoms with E-state index in [2.05, 4.69) is 37.5 Å². The molecule has 0 spiro atoms. The maximum atomic E-state index is 2.54. The predicted octanol–water partition coefficient (Wildman–Crippen LogP) is 3.53. The summed E-state index contributed by atoms with van der Waals surface area (Å²) in [7, 11) is 0. The van der Waals surface area contributed by atoms with Crippen molar-refractivity contribution in [2.24, 2.45) is 0 Å². The van der Waals surface area contributed by atoms with Crippen molar-refractivity contribution in [2.75, 3.05) is 39.3 Å². The van der Waals surface area contributed by atoms with Gasteiger partial charge in [-0.15, -0.1) is 0 Å². The van der Waals surface area contributed by atoms with Crippen LogP contribution < -0.4 is 0 Å². The van der Waals surface area contributed by atoms with Gasteiger partial charge in [0.15, 0.2) is 0 Å². The first-order chi connectivity index (χ1) is 10.3. The van der Waals surface area contributed by atoms with Gasteiger partial charge in [0.05, 0.1) is 0 Å². The minimum Gasteiger partial charge on any atom is -0.412 e. The number of hydrogen-bond donors (Lipinski definition) is 0. The van der Waals surface area contributed by atoms with E-state index in [9.17, 15) is 0 Å². The van der Waals surface area contributed by atoms with E-state index in [4.69, 9.17) is 0 Å². The molecule has 4 nitrogen and oxygen atoms in total. The molecule has 0 amide bonds. The lowest BCUT2D eigenvalue weighted by Crippen LogP contribution is -2.19. The highest BCUT2D eigenvalue weighted by atomic mass is 16.0. The normalized spacial score (nSPS) is 17.2. The lowest BCUT2D eigenvalue weighted by atomic mass is 10.3. The standard InChI is InChI=1S/2C7H15N.C5H12.2H2O/c2*1-2-5-8-6-3-4-7-8;1-3-5-4-2;;/h2*2-7H2,1H3;3-5H2,1-2H3;2*1H2. The number of rotatable bonds is 6. The molecule has 2 fully saturated rings. The van der Waals surface area contributed by atoms with Crippen molar-refractivity contribution in [3.63, 3.8) is 0 Å². The molecule has 0 aromatic carbocycles. The third kappa shape index (κ3) is 18.0. The number of unbranched alkanes of at least 4 members (excludes halogenated alkanes) is 2. The van der Waals surface area contributed by atoms with Crippen molar-refractivity contribution < 1.29 is 11.0 Å². The van der Waals surface area contributed by atoms with Crippen molar-refractivity contribution in [2.45, 2.75) is 85.5 Å². The second-order valence-corrected chi connectivity index (χ2v) is 6.45. The molecule has 4 N–H and O–H groups in total. The van der Waals surface area contributed by atoms with Crippen LogP contribution in [0.25, 0.3) is 0 Å². The first kappa shape index (κ1) is 27.7. The lowest BCUT2D eigenvalue weighted by Gasteiger charge is -2.11. The molecule has 0 atom stereocenters. The van der Waals surface area contributed by atoms with E-state index in [0.29, 0.717) is 0 Å². The second kappa shape index (κ2) is 21.8. The molecule has 2 saturated heterocycles. The summed E-state index contributed by atoms with van der Waals surface area (Å²) in [5.74, 6) is 0. The largest absolute Gasteiger partial charge is 0.412 e. The molecule has 0 unspecified atom stereocenters. The molecule has 2 heterocycles. The van der Waals surface area contributed by atoms with E-state index >= 15 is 0 Å². The van der Waals surface area contributed by atoms with Crippen LogP contribution in [0, 0.1) is 0 Å². The summed E-state index contributed by atoms with van der Waals surface area (Å²) >= 11 is 0. The summed E-state index contributed by atoms with van der Waals surface area (Å²) in [5, 5.41) is 0. The van der Waals surface area contributed by atoms with E-state index < -0.39 is 0 Å². The van der Waals surface area contributed by atoms with E-state index in [1.807, 2.05) is 0 Å². The van der Waals surface area contributed by atoms with Crippen molar-refractivity contribution in [1.82, 2.24) is 9.80 Å².